The number of carbonyl (C=O) groups excluding carboxylic acids is 2. The largest absolute Gasteiger partial charge is 0.465 e. The number of quaternary nitrogens is 1. The minimum absolute atomic E-state index is 0. The molecule has 2 aromatic rings. The molecule has 1 aliphatic heterocycles. The number of nitrogens with zero attached hydrogens (tertiary/aromatic N) is 1. The van der Waals surface area contributed by atoms with Gasteiger partial charge < -0.3 is 14.5 Å². The molecular formula is C23H30N2O3SY. The molecule has 2 unspecified atom stereocenters. The van der Waals surface area contributed by atoms with E-state index in [1.807, 2.05) is 37.4 Å². The first-order valence-corrected chi connectivity index (χ1v) is 11.1. The Morgan fingerprint density at radius 2 is 1.97 bits per heavy atom. The molecule has 2 heterocycles. The van der Waals surface area contributed by atoms with E-state index in [0.29, 0.717) is 15.0 Å². The van der Waals surface area contributed by atoms with Gasteiger partial charge in [0.15, 0.2) is 0 Å². The Morgan fingerprint density at radius 3 is 2.67 bits per heavy atom. The maximum absolute atomic E-state index is 13.3. The standard InChI is InChI=1S/C23H30N2O3S.Y/c1-17-16-29-21(23(27)28-3)20(17)24-22(26)18(2)25(13-9-4-5-10-14-25)15-19-11-7-6-8-12-19;/h6-8,11-13,16,18H,4-5,9-10,14-15H2,1-3H3,(H,24,26);. The number of hydrogen-bond acceptors (Lipinski definition) is 4. The van der Waals surface area contributed by atoms with E-state index in [1.165, 1.54) is 36.9 Å². The first-order chi connectivity index (χ1) is 14.0. The van der Waals surface area contributed by atoms with Gasteiger partial charge in [0.25, 0.3) is 5.91 Å². The Kier molecular flexibility index (Phi) is 9.67. The topological polar surface area (TPSA) is 55.4 Å². The van der Waals surface area contributed by atoms with Gasteiger partial charge in [-0.15, -0.1) is 24.3 Å². The Balaban J connectivity index is 0.00000320. The molecular weight excluding hydrogens is 473 g/mol. The predicted octanol–water partition coefficient (Wildman–Crippen LogP) is 4.92. The van der Waals surface area contributed by atoms with Gasteiger partial charge in [0, 0.05) is 38.3 Å². The maximum Gasteiger partial charge on any atom is 0.350 e. The summed E-state index contributed by atoms with van der Waals surface area (Å²) < 4.78 is 5.51. The Labute approximate surface area is 208 Å². The Hall–Kier alpha value is -1.08. The second-order valence-electron chi connectivity index (χ2n) is 7.78. The minimum Gasteiger partial charge on any atom is -0.465 e. The minimum atomic E-state index is -0.416. The van der Waals surface area contributed by atoms with Crippen LogP contribution in [0.5, 0.6) is 0 Å². The van der Waals surface area contributed by atoms with Crippen LogP contribution in [0, 0.1) is 13.5 Å². The van der Waals surface area contributed by atoms with Gasteiger partial charge in [-0.2, -0.15) is 0 Å². The summed E-state index contributed by atoms with van der Waals surface area (Å²) in [6, 6.07) is 10.1. The summed E-state index contributed by atoms with van der Waals surface area (Å²) in [5.74, 6) is -0.480. The van der Waals surface area contributed by atoms with Crippen molar-refractivity contribution in [2.45, 2.75) is 52.1 Å². The summed E-state index contributed by atoms with van der Waals surface area (Å²) in [5, 5.41) is 4.91. The predicted molar refractivity (Wildman–Crippen MR) is 117 cm³/mol. The summed E-state index contributed by atoms with van der Waals surface area (Å²) in [6.45, 7) is 7.96. The van der Waals surface area contributed by atoms with Crippen molar-refractivity contribution >= 4 is 28.9 Å². The van der Waals surface area contributed by atoms with E-state index in [1.54, 1.807) is 0 Å². The zero-order valence-electron chi connectivity index (χ0n) is 18.0. The fourth-order valence-corrected chi connectivity index (χ4v) is 4.95. The molecule has 7 heteroatoms. The fraction of sp³-hybridized carbons (Fsp3) is 0.435. The SMILES string of the molecule is COC(=O)c1scc(C)c1NC(=O)C(C)[N+]1(Cc2ccccc2)[CH-]CCCCC1.[Y]. The number of anilines is 1. The van der Waals surface area contributed by atoms with Crippen LogP contribution in [0.3, 0.4) is 0 Å². The quantitative estimate of drug-likeness (QED) is 0.346. The van der Waals surface area contributed by atoms with Crippen molar-refractivity contribution in [3.05, 3.63) is 58.3 Å². The van der Waals surface area contributed by atoms with Crippen LogP contribution in [-0.2, 0) is 48.8 Å². The van der Waals surface area contributed by atoms with Crippen LogP contribution in [0.15, 0.2) is 35.7 Å². The van der Waals surface area contributed by atoms with Gasteiger partial charge in [-0.05, 0) is 31.2 Å². The normalized spacial score (nSPS) is 19.8. The number of carbonyl (C=O) groups is 2. The van der Waals surface area contributed by atoms with E-state index in [0.717, 1.165) is 31.5 Å². The summed E-state index contributed by atoms with van der Waals surface area (Å²) in [4.78, 5) is 25.9. The van der Waals surface area contributed by atoms with Crippen LogP contribution in [0.1, 0.15) is 53.4 Å². The molecule has 1 amide bonds. The van der Waals surface area contributed by atoms with Crippen LogP contribution in [0.25, 0.3) is 0 Å². The average Bonchev–Trinajstić information content (AvgIpc) is 2.94. The number of methoxy groups -OCH3 is 1. The molecule has 5 nitrogen and oxygen atoms in total. The van der Waals surface area contributed by atoms with Crippen LogP contribution in [0.2, 0.25) is 0 Å². The van der Waals surface area contributed by atoms with Crippen molar-refractivity contribution in [2.24, 2.45) is 0 Å². The van der Waals surface area contributed by atoms with E-state index >= 15 is 0 Å². The molecule has 1 saturated heterocycles. The fourth-order valence-electron chi connectivity index (χ4n) is 4.03. The maximum atomic E-state index is 13.3. The summed E-state index contributed by atoms with van der Waals surface area (Å²) in [5.41, 5.74) is 2.68. The third-order valence-corrected chi connectivity index (χ3v) is 6.91. The second-order valence-corrected chi connectivity index (χ2v) is 8.66. The molecule has 3 rings (SSSR count). The van der Waals surface area contributed by atoms with Crippen LogP contribution < -0.4 is 5.32 Å². The molecule has 1 aromatic carbocycles. The number of likely N-dealkylation sites (tertiary alicyclic amines) is 1. The number of nitrogens with one attached hydrogen (secondary N) is 1. The van der Waals surface area contributed by atoms with E-state index in [4.69, 9.17) is 4.74 Å². The average molecular weight is 503 g/mol. The smallest absolute Gasteiger partial charge is 0.350 e. The van der Waals surface area contributed by atoms with Gasteiger partial charge in [-0.3, -0.25) is 4.79 Å². The molecule has 1 radical (unpaired) electrons. The number of aryl methyl sites for hydroxylation is 1. The molecule has 1 aromatic heterocycles. The first kappa shape index (κ1) is 25.2. The van der Waals surface area contributed by atoms with Crippen LogP contribution >= 0.6 is 11.3 Å². The van der Waals surface area contributed by atoms with E-state index in [2.05, 4.69) is 24.0 Å². The van der Waals surface area contributed by atoms with Gasteiger partial charge in [-0.25, -0.2) is 4.79 Å². The van der Waals surface area contributed by atoms with Crippen LogP contribution in [0.4, 0.5) is 5.69 Å². The zero-order chi connectivity index (χ0) is 20.9. The number of benzene rings is 1. The van der Waals surface area contributed by atoms with E-state index in [9.17, 15) is 9.59 Å². The molecule has 0 aliphatic carbocycles. The molecule has 1 N–H and O–H groups in total. The zero-order valence-corrected chi connectivity index (χ0v) is 21.7. The van der Waals surface area contributed by atoms with E-state index in [-0.39, 0.29) is 44.7 Å². The third kappa shape index (κ3) is 5.79. The van der Waals surface area contributed by atoms with Crippen LogP contribution in [-0.4, -0.2) is 36.1 Å². The van der Waals surface area contributed by atoms with Crippen molar-refractivity contribution in [2.75, 3.05) is 19.0 Å². The molecule has 2 atom stereocenters. The number of ether oxygens (including phenoxy) is 1. The molecule has 1 aliphatic rings. The van der Waals surface area contributed by atoms with Gasteiger partial charge in [-0.1, -0.05) is 43.2 Å². The molecule has 0 spiro atoms. The van der Waals surface area contributed by atoms with Crippen molar-refractivity contribution in [3.63, 3.8) is 0 Å². The molecule has 30 heavy (non-hydrogen) atoms. The Bertz CT molecular complexity index is 845. The molecule has 0 saturated carbocycles. The number of hydrogen-bond donors (Lipinski definition) is 1. The molecule has 159 valence electrons. The second kappa shape index (κ2) is 11.5. The van der Waals surface area contributed by atoms with Gasteiger partial charge >= 0.3 is 5.97 Å². The number of esters is 1. The number of thiophene rings is 1. The first-order valence-electron chi connectivity index (χ1n) is 10.2. The van der Waals surface area contributed by atoms with Crippen molar-refractivity contribution in [1.82, 2.24) is 0 Å². The van der Waals surface area contributed by atoms with Gasteiger partial charge in [0.1, 0.15) is 10.9 Å². The van der Waals surface area contributed by atoms with E-state index < -0.39 is 5.97 Å². The number of amides is 1. The van der Waals surface area contributed by atoms with Crippen molar-refractivity contribution < 1.29 is 51.5 Å². The molecule has 1 fully saturated rings. The van der Waals surface area contributed by atoms with Crippen molar-refractivity contribution in [3.8, 4) is 0 Å². The molecule has 0 bridgehead atoms. The van der Waals surface area contributed by atoms with Gasteiger partial charge in [0.2, 0.25) is 0 Å². The van der Waals surface area contributed by atoms with Gasteiger partial charge in [0.05, 0.1) is 25.9 Å². The van der Waals surface area contributed by atoms with Crippen molar-refractivity contribution in [1.29, 1.82) is 0 Å². The summed E-state index contributed by atoms with van der Waals surface area (Å²) in [7, 11) is 1.36. The Morgan fingerprint density at radius 1 is 1.23 bits per heavy atom. The summed E-state index contributed by atoms with van der Waals surface area (Å²) >= 11 is 1.30. The summed E-state index contributed by atoms with van der Waals surface area (Å²) in [6.07, 6.45) is 4.47. The monoisotopic (exact) mass is 503 g/mol. The number of rotatable bonds is 6. The third-order valence-electron chi connectivity index (χ3n) is 5.84.